The molecule has 4 heteroatoms. The van der Waals surface area contributed by atoms with E-state index in [-0.39, 0.29) is 5.78 Å². The number of ketones is 1. The second kappa shape index (κ2) is 6.96. The standard InChI is InChI=1S/C20H19N3O/c1-22(2)18-8-3-16(4-9-18)5-12-20(24)17-6-10-19(11-7-17)23-14-13-21-15-23/h3-15H,1-2H3. The summed E-state index contributed by atoms with van der Waals surface area (Å²) in [6.45, 7) is 0. The molecule has 0 aliphatic heterocycles. The molecule has 0 amide bonds. The van der Waals surface area contributed by atoms with E-state index in [1.165, 1.54) is 0 Å². The van der Waals surface area contributed by atoms with Gasteiger partial charge in [0.15, 0.2) is 5.78 Å². The predicted molar refractivity (Wildman–Crippen MR) is 97.7 cm³/mol. The van der Waals surface area contributed by atoms with Crippen molar-refractivity contribution in [3.8, 4) is 5.69 Å². The lowest BCUT2D eigenvalue weighted by Gasteiger charge is -2.11. The van der Waals surface area contributed by atoms with Gasteiger partial charge < -0.3 is 9.47 Å². The van der Waals surface area contributed by atoms with E-state index in [1.54, 1.807) is 18.6 Å². The summed E-state index contributed by atoms with van der Waals surface area (Å²) in [4.78, 5) is 18.3. The van der Waals surface area contributed by atoms with Crippen molar-refractivity contribution in [1.82, 2.24) is 9.55 Å². The van der Waals surface area contributed by atoms with Gasteiger partial charge in [-0.1, -0.05) is 18.2 Å². The van der Waals surface area contributed by atoms with Crippen LogP contribution in [0.25, 0.3) is 11.8 Å². The zero-order valence-corrected chi connectivity index (χ0v) is 13.8. The topological polar surface area (TPSA) is 38.1 Å². The summed E-state index contributed by atoms with van der Waals surface area (Å²) in [5.41, 5.74) is 3.78. The third kappa shape index (κ3) is 3.60. The lowest BCUT2D eigenvalue weighted by molar-refractivity contribution is 0.104. The van der Waals surface area contributed by atoms with Crippen molar-refractivity contribution in [3.05, 3.63) is 84.5 Å². The van der Waals surface area contributed by atoms with Crippen LogP contribution in [0.3, 0.4) is 0 Å². The van der Waals surface area contributed by atoms with Crippen LogP contribution in [-0.2, 0) is 0 Å². The number of benzene rings is 2. The van der Waals surface area contributed by atoms with E-state index < -0.39 is 0 Å². The highest BCUT2D eigenvalue weighted by molar-refractivity contribution is 6.06. The van der Waals surface area contributed by atoms with Crippen LogP contribution in [0.2, 0.25) is 0 Å². The SMILES string of the molecule is CN(C)c1ccc(C=CC(=O)c2ccc(-n3ccnc3)cc2)cc1. The molecule has 1 heterocycles. The van der Waals surface area contributed by atoms with Gasteiger partial charge in [-0.05, 0) is 48.0 Å². The first-order valence-corrected chi connectivity index (χ1v) is 7.72. The maximum atomic E-state index is 12.3. The molecule has 0 saturated carbocycles. The summed E-state index contributed by atoms with van der Waals surface area (Å²) in [6.07, 6.45) is 8.77. The van der Waals surface area contributed by atoms with Gasteiger partial charge >= 0.3 is 0 Å². The Morgan fingerprint density at radius 3 is 2.33 bits per heavy atom. The molecule has 0 saturated heterocycles. The minimum absolute atomic E-state index is 0.0103. The van der Waals surface area contributed by atoms with Crippen LogP contribution < -0.4 is 4.90 Å². The zero-order chi connectivity index (χ0) is 16.9. The van der Waals surface area contributed by atoms with E-state index in [4.69, 9.17) is 0 Å². The highest BCUT2D eigenvalue weighted by Crippen LogP contribution is 2.14. The molecule has 0 radical (unpaired) electrons. The molecule has 0 N–H and O–H groups in total. The fourth-order valence-electron chi connectivity index (χ4n) is 2.36. The molecular formula is C20H19N3O. The first-order valence-electron chi connectivity index (χ1n) is 7.72. The Hall–Kier alpha value is -3.14. The Bertz CT molecular complexity index is 830. The average molecular weight is 317 g/mol. The number of anilines is 1. The summed E-state index contributed by atoms with van der Waals surface area (Å²) in [6, 6.07) is 15.5. The molecule has 2 aromatic carbocycles. The van der Waals surface area contributed by atoms with Gasteiger partial charge in [-0.3, -0.25) is 4.79 Å². The summed E-state index contributed by atoms with van der Waals surface area (Å²) >= 11 is 0. The Morgan fingerprint density at radius 2 is 1.75 bits per heavy atom. The van der Waals surface area contributed by atoms with Crippen LogP contribution in [0, 0.1) is 0 Å². The Morgan fingerprint density at radius 1 is 1.04 bits per heavy atom. The number of allylic oxidation sites excluding steroid dienone is 1. The number of hydrogen-bond donors (Lipinski definition) is 0. The lowest BCUT2D eigenvalue weighted by atomic mass is 10.1. The van der Waals surface area contributed by atoms with E-state index in [0.29, 0.717) is 5.56 Å². The normalized spacial score (nSPS) is 10.9. The van der Waals surface area contributed by atoms with Crippen LogP contribution >= 0.6 is 0 Å². The van der Waals surface area contributed by atoms with E-state index in [2.05, 4.69) is 4.98 Å². The summed E-state index contributed by atoms with van der Waals surface area (Å²) in [5, 5.41) is 0. The molecule has 3 rings (SSSR count). The highest BCUT2D eigenvalue weighted by atomic mass is 16.1. The summed E-state index contributed by atoms with van der Waals surface area (Å²) < 4.78 is 1.90. The quantitative estimate of drug-likeness (QED) is 0.530. The second-order valence-corrected chi connectivity index (χ2v) is 5.70. The van der Waals surface area contributed by atoms with Crippen molar-refractivity contribution in [2.45, 2.75) is 0 Å². The summed E-state index contributed by atoms with van der Waals surface area (Å²) in [7, 11) is 4.00. The largest absolute Gasteiger partial charge is 0.378 e. The van der Waals surface area contributed by atoms with Crippen molar-refractivity contribution in [3.63, 3.8) is 0 Å². The van der Waals surface area contributed by atoms with Crippen LogP contribution in [0.5, 0.6) is 0 Å². The van der Waals surface area contributed by atoms with Gasteiger partial charge in [0, 0.05) is 43.4 Å². The minimum atomic E-state index is -0.0103. The van der Waals surface area contributed by atoms with Crippen LogP contribution in [0.4, 0.5) is 5.69 Å². The van der Waals surface area contributed by atoms with Gasteiger partial charge in [-0.2, -0.15) is 0 Å². The second-order valence-electron chi connectivity index (χ2n) is 5.70. The predicted octanol–water partition coefficient (Wildman–Crippen LogP) is 3.83. The van der Waals surface area contributed by atoms with Crippen LogP contribution in [0.1, 0.15) is 15.9 Å². The van der Waals surface area contributed by atoms with Gasteiger partial charge in [0.2, 0.25) is 0 Å². The first-order chi connectivity index (χ1) is 11.6. The van der Waals surface area contributed by atoms with E-state index >= 15 is 0 Å². The van der Waals surface area contributed by atoms with Crippen molar-refractivity contribution >= 4 is 17.5 Å². The maximum Gasteiger partial charge on any atom is 0.185 e. The van der Waals surface area contributed by atoms with Crippen molar-refractivity contribution in [2.75, 3.05) is 19.0 Å². The Balaban J connectivity index is 1.70. The number of imidazole rings is 1. The number of hydrogen-bond acceptors (Lipinski definition) is 3. The molecular weight excluding hydrogens is 298 g/mol. The molecule has 0 aliphatic rings. The van der Waals surface area contributed by atoms with Gasteiger partial charge in [-0.25, -0.2) is 4.98 Å². The Kier molecular flexibility index (Phi) is 4.57. The molecule has 0 unspecified atom stereocenters. The number of carbonyl (C=O) groups excluding carboxylic acids is 1. The molecule has 4 nitrogen and oxygen atoms in total. The molecule has 0 atom stereocenters. The third-order valence-corrected chi connectivity index (χ3v) is 3.79. The number of rotatable bonds is 5. The lowest BCUT2D eigenvalue weighted by Crippen LogP contribution is -2.07. The molecule has 120 valence electrons. The number of aromatic nitrogens is 2. The van der Waals surface area contributed by atoms with E-state index in [1.807, 2.05) is 84.4 Å². The molecule has 0 bridgehead atoms. The molecule has 3 aromatic rings. The molecule has 1 aromatic heterocycles. The fraction of sp³-hybridized carbons (Fsp3) is 0.100. The van der Waals surface area contributed by atoms with Crippen molar-refractivity contribution in [2.24, 2.45) is 0 Å². The van der Waals surface area contributed by atoms with E-state index in [9.17, 15) is 4.79 Å². The van der Waals surface area contributed by atoms with Crippen molar-refractivity contribution < 1.29 is 4.79 Å². The van der Waals surface area contributed by atoms with Crippen molar-refractivity contribution in [1.29, 1.82) is 0 Å². The van der Waals surface area contributed by atoms with Gasteiger partial charge in [0.1, 0.15) is 0 Å². The third-order valence-electron chi connectivity index (χ3n) is 3.79. The highest BCUT2D eigenvalue weighted by Gasteiger charge is 2.03. The van der Waals surface area contributed by atoms with E-state index in [0.717, 1.165) is 16.9 Å². The zero-order valence-electron chi connectivity index (χ0n) is 13.8. The molecule has 0 fully saturated rings. The number of carbonyl (C=O) groups is 1. The van der Waals surface area contributed by atoms with Crippen LogP contribution in [-0.4, -0.2) is 29.4 Å². The maximum absolute atomic E-state index is 12.3. The smallest absolute Gasteiger partial charge is 0.185 e. The van der Waals surface area contributed by atoms with Gasteiger partial charge in [0.05, 0.1) is 6.33 Å². The van der Waals surface area contributed by atoms with Gasteiger partial charge in [0.25, 0.3) is 0 Å². The molecule has 24 heavy (non-hydrogen) atoms. The first kappa shape index (κ1) is 15.7. The molecule has 0 spiro atoms. The average Bonchev–Trinajstić information content (AvgIpc) is 3.15. The fourth-order valence-corrected chi connectivity index (χ4v) is 2.36. The van der Waals surface area contributed by atoms with Crippen LogP contribution in [0.15, 0.2) is 73.3 Å². The van der Waals surface area contributed by atoms with Gasteiger partial charge in [-0.15, -0.1) is 0 Å². The number of nitrogens with zero attached hydrogens (tertiary/aromatic N) is 3. The minimum Gasteiger partial charge on any atom is -0.378 e. The summed E-state index contributed by atoms with van der Waals surface area (Å²) in [5.74, 6) is -0.0103. The molecule has 0 aliphatic carbocycles. The monoisotopic (exact) mass is 317 g/mol. The Labute approximate surface area is 141 Å².